The third kappa shape index (κ3) is 5.31. The summed E-state index contributed by atoms with van der Waals surface area (Å²) >= 11 is 11.9. The SMILES string of the molecule is COCCCNC(=O)[C@@H]1CCCN(S(=O)(=O)c2cc(Cl)ccc2Cl)C1. The lowest BCUT2D eigenvalue weighted by atomic mass is 9.99. The molecule has 1 fully saturated rings. The van der Waals surface area contributed by atoms with Gasteiger partial charge in [-0.1, -0.05) is 23.2 Å². The lowest BCUT2D eigenvalue weighted by Gasteiger charge is -2.31. The average Bonchev–Trinajstić information content (AvgIpc) is 2.60. The molecule has 1 saturated heterocycles. The maximum Gasteiger partial charge on any atom is 0.244 e. The van der Waals surface area contributed by atoms with Gasteiger partial charge in [-0.05, 0) is 37.5 Å². The Balaban J connectivity index is 2.07. The number of nitrogens with zero attached hydrogens (tertiary/aromatic N) is 1. The first-order chi connectivity index (χ1) is 11.9. The monoisotopic (exact) mass is 408 g/mol. The van der Waals surface area contributed by atoms with E-state index in [1.165, 1.54) is 22.5 Å². The number of hydrogen-bond donors (Lipinski definition) is 1. The summed E-state index contributed by atoms with van der Waals surface area (Å²) in [4.78, 5) is 12.2. The summed E-state index contributed by atoms with van der Waals surface area (Å²) in [5.41, 5.74) is 0. The second kappa shape index (κ2) is 9.19. The van der Waals surface area contributed by atoms with Crippen LogP contribution in [0.5, 0.6) is 0 Å². The smallest absolute Gasteiger partial charge is 0.244 e. The molecule has 1 amide bonds. The molecular formula is C16H22Cl2N2O4S. The minimum absolute atomic E-state index is 0.0252. The molecule has 0 bridgehead atoms. The summed E-state index contributed by atoms with van der Waals surface area (Å²) < 4.78 is 32.0. The van der Waals surface area contributed by atoms with Crippen LogP contribution in [0.4, 0.5) is 0 Å². The van der Waals surface area contributed by atoms with E-state index >= 15 is 0 Å². The molecule has 0 unspecified atom stereocenters. The highest BCUT2D eigenvalue weighted by Crippen LogP contribution is 2.30. The van der Waals surface area contributed by atoms with Crippen LogP contribution in [0.2, 0.25) is 10.0 Å². The molecule has 0 aromatic heterocycles. The molecule has 1 aliphatic rings. The Morgan fingerprint density at radius 1 is 1.40 bits per heavy atom. The average molecular weight is 409 g/mol. The predicted octanol–water partition coefficient (Wildman–Crippen LogP) is 2.55. The Morgan fingerprint density at radius 2 is 2.16 bits per heavy atom. The van der Waals surface area contributed by atoms with Crippen molar-refractivity contribution in [2.24, 2.45) is 5.92 Å². The fraction of sp³-hybridized carbons (Fsp3) is 0.562. The van der Waals surface area contributed by atoms with Crippen LogP contribution < -0.4 is 5.32 Å². The van der Waals surface area contributed by atoms with Crippen molar-refractivity contribution < 1.29 is 17.9 Å². The Morgan fingerprint density at radius 3 is 2.88 bits per heavy atom. The van der Waals surface area contributed by atoms with E-state index in [-0.39, 0.29) is 28.3 Å². The number of piperidine rings is 1. The van der Waals surface area contributed by atoms with E-state index in [9.17, 15) is 13.2 Å². The van der Waals surface area contributed by atoms with Gasteiger partial charge in [0, 0.05) is 38.4 Å². The van der Waals surface area contributed by atoms with Crippen molar-refractivity contribution in [3.8, 4) is 0 Å². The quantitative estimate of drug-likeness (QED) is 0.703. The van der Waals surface area contributed by atoms with Gasteiger partial charge < -0.3 is 10.1 Å². The lowest BCUT2D eigenvalue weighted by Crippen LogP contribution is -2.45. The molecule has 25 heavy (non-hydrogen) atoms. The van der Waals surface area contributed by atoms with E-state index in [2.05, 4.69) is 5.32 Å². The van der Waals surface area contributed by atoms with Crippen LogP contribution in [0.1, 0.15) is 19.3 Å². The van der Waals surface area contributed by atoms with Gasteiger partial charge in [0.15, 0.2) is 0 Å². The molecule has 0 radical (unpaired) electrons. The first-order valence-electron chi connectivity index (χ1n) is 8.08. The zero-order valence-electron chi connectivity index (χ0n) is 14.0. The number of halogens is 2. The highest BCUT2D eigenvalue weighted by atomic mass is 35.5. The van der Waals surface area contributed by atoms with E-state index in [1.54, 1.807) is 7.11 Å². The summed E-state index contributed by atoms with van der Waals surface area (Å²) in [5, 5.41) is 3.25. The fourth-order valence-electron chi connectivity index (χ4n) is 2.76. The summed E-state index contributed by atoms with van der Waals surface area (Å²) in [7, 11) is -2.19. The van der Waals surface area contributed by atoms with E-state index < -0.39 is 10.0 Å². The molecule has 140 valence electrons. The number of nitrogens with one attached hydrogen (secondary N) is 1. The standard InChI is InChI=1S/C16H22Cl2N2O4S/c1-24-9-3-7-19-16(21)12-4-2-8-20(11-12)25(22,23)15-10-13(17)5-6-14(15)18/h5-6,10,12H,2-4,7-9,11H2,1H3,(H,19,21)/t12-/m1/s1. The van der Waals surface area contributed by atoms with Crippen molar-refractivity contribution >= 4 is 39.1 Å². The predicted molar refractivity (Wildman–Crippen MR) is 97.4 cm³/mol. The van der Waals surface area contributed by atoms with E-state index in [4.69, 9.17) is 27.9 Å². The zero-order valence-corrected chi connectivity index (χ0v) is 16.3. The van der Waals surface area contributed by atoms with Crippen LogP contribution in [0, 0.1) is 5.92 Å². The summed E-state index contributed by atoms with van der Waals surface area (Å²) in [6.45, 7) is 1.58. The minimum atomic E-state index is -3.79. The Kier molecular flexibility index (Phi) is 7.51. The lowest BCUT2D eigenvalue weighted by molar-refractivity contribution is -0.126. The van der Waals surface area contributed by atoms with Crippen LogP contribution in [0.15, 0.2) is 23.1 Å². The van der Waals surface area contributed by atoms with E-state index in [1.807, 2.05) is 0 Å². The van der Waals surface area contributed by atoms with Crippen molar-refractivity contribution in [3.63, 3.8) is 0 Å². The number of rotatable bonds is 7. The van der Waals surface area contributed by atoms with Gasteiger partial charge in [-0.2, -0.15) is 4.31 Å². The molecule has 9 heteroatoms. The van der Waals surface area contributed by atoms with Crippen molar-refractivity contribution in [1.82, 2.24) is 9.62 Å². The number of amides is 1. The first kappa shape index (κ1) is 20.5. The van der Waals surface area contributed by atoms with Crippen molar-refractivity contribution in [2.75, 3.05) is 33.4 Å². The summed E-state index contributed by atoms with van der Waals surface area (Å²) in [6, 6.07) is 4.34. The van der Waals surface area contributed by atoms with Crippen LogP contribution in [0.25, 0.3) is 0 Å². The largest absolute Gasteiger partial charge is 0.385 e. The highest BCUT2D eigenvalue weighted by molar-refractivity contribution is 7.89. The van der Waals surface area contributed by atoms with Crippen molar-refractivity contribution in [3.05, 3.63) is 28.2 Å². The number of carbonyl (C=O) groups excluding carboxylic acids is 1. The molecule has 0 aliphatic carbocycles. The molecule has 2 rings (SSSR count). The van der Waals surface area contributed by atoms with Gasteiger partial charge in [-0.3, -0.25) is 4.79 Å². The fourth-order valence-corrected chi connectivity index (χ4v) is 5.02. The van der Waals surface area contributed by atoms with Crippen LogP contribution >= 0.6 is 23.2 Å². The molecule has 1 N–H and O–H groups in total. The number of carbonyl (C=O) groups is 1. The zero-order chi connectivity index (χ0) is 18.4. The normalized spacial score (nSPS) is 18.9. The van der Waals surface area contributed by atoms with Crippen molar-refractivity contribution in [1.29, 1.82) is 0 Å². The highest BCUT2D eigenvalue weighted by Gasteiger charge is 2.34. The van der Waals surface area contributed by atoms with Gasteiger partial charge in [-0.15, -0.1) is 0 Å². The number of methoxy groups -OCH3 is 1. The molecule has 1 heterocycles. The molecule has 1 aromatic carbocycles. The number of benzene rings is 1. The van der Waals surface area contributed by atoms with Gasteiger partial charge in [-0.25, -0.2) is 8.42 Å². The number of hydrogen-bond acceptors (Lipinski definition) is 4. The molecule has 1 atom stereocenters. The first-order valence-corrected chi connectivity index (χ1v) is 10.3. The van der Waals surface area contributed by atoms with Gasteiger partial charge in [0.05, 0.1) is 10.9 Å². The van der Waals surface area contributed by atoms with Gasteiger partial charge in [0.25, 0.3) is 0 Å². The van der Waals surface area contributed by atoms with Gasteiger partial charge in [0.2, 0.25) is 15.9 Å². The molecule has 6 nitrogen and oxygen atoms in total. The Labute approximate surface area is 158 Å². The maximum atomic E-state index is 12.9. The van der Waals surface area contributed by atoms with Crippen molar-refractivity contribution in [2.45, 2.75) is 24.2 Å². The molecule has 0 spiro atoms. The van der Waals surface area contributed by atoms with Crippen LogP contribution in [-0.4, -0.2) is 52.0 Å². The number of ether oxygens (including phenoxy) is 1. The second-order valence-electron chi connectivity index (χ2n) is 5.91. The summed E-state index contributed by atoms with van der Waals surface area (Å²) in [5.74, 6) is -0.503. The minimum Gasteiger partial charge on any atom is -0.385 e. The van der Waals surface area contributed by atoms with Gasteiger partial charge in [0.1, 0.15) is 4.90 Å². The molecule has 1 aromatic rings. The summed E-state index contributed by atoms with van der Waals surface area (Å²) in [6.07, 6.45) is 1.99. The third-order valence-electron chi connectivity index (χ3n) is 4.09. The second-order valence-corrected chi connectivity index (χ2v) is 8.66. The third-order valence-corrected chi connectivity index (χ3v) is 6.67. The topological polar surface area (TPSA) is 75.7 Å². The van der Waals surface area contributed by atoms with Gasteiger partial charge >= 0.3 is 0 Å². The molecule has 1 aliphatic heterocycles. The Bertz CT molecular complexity index is 712. The Hall–Kier alpha value is -0.860. The van der Waals surface area contributed by atoms with Crippen LogP contribution in [-0.2, 0) is 19.6 Å². The van der Waals surface area contributed by atoms with E-state index in [0.29, 0.717) is 37.6 Å². The van der Waals surface area contributed by atoms with E-state index in [0.717, 1.165) is 6.42 Å². The van der Waals surface area contributed by atoms with Crippen LogP contribution in [0.3, 0.4) is 0 Å². The molecule has 0 saturated carbocycles. The molecular weight excluding hydrogens is 387 g/mol. The number of sulfonamides is 1. The maximum absolute atomic E-state index is 12.9.